The van der Waals surface area contributed by atoms with Gasteiger partial charge in [0, 0.05) is 17.6 Å². The lowest BCUT2D eigenvalue weighted by Gasteiger charge is -2.36. The van der Waals surface area contributed by atoms with Crippen molar-refractivity contribution in [1.29, 1.82) is 0 Å². The predicted octanol–water partition coefficient (Wildman–Crippen LogP) is 3.47. The summed E-state index contributed by atoms with van der Waals surface area (Å²) in [4.78, 5) is 2.53. The largest absolute Gasteiger partial charge is 0.312 e. The highest BCUT2D eigenvalue weighted by molar-refractivity contribution is 7.98. The zero-order chi connectivity index (χ0) is 14.3. The number of hydrogen-bond acceptors (Lipinski definition) is 3. The van der Waals surface area contributed by atoms with Gasteiger partial charge in [-0.2, -0.15) is 11.8 Å². The molecular weight excluding hydrogens is 240 g/mol. The van der Waals surface area contributed by atoms with Gasteiger partial charge in [-0.25, -0.2) is 0 Å². The fourth-order valence-corrected chi connectivity index (χ4v) is 2.51. The van der Waals surface area contributed by atoms with Gasteiger partial charge in [-0.05, 0) is 72.6 Å². The molecule has 0 radical (unpaired) electrons. The molecule has 0 aromatic carbocycles. The Kier molecular flexibility index (Phi) is 8.57. The van der Waals surface area contributed by atoms with Gasteiger partial charge >= 0.3 is 0 Å². The monoisotopic (exact) mass is 274 g/mol. The number of rotatable bonds is 8. The van der Waals surface area contributed by atoms with Gasteiger partial charge < -0.3 is 10.2 Å². The Morgan fingerprint density at radius 3 is 2.17 bits per heavy atom. The Bertz CT molecular complexity index is 213. The third-order valence-electron chi connectivity index (χ3n) is 3.86. The summed E-state index contributed by atoms with van der Waals surface area (Å²) in [6.45, 7) is 14.8. The highest BCUT2D eigenvalue weighted by Gasteiger charge is 2.22. The molecule has 0 aliphatic rings. The highest BCUT2D eigenvalue weighted by atomic mass is 32.2. The van der Waals surface area contributed by atoms with E-state index in [0.29, 0.717) is 18.0 Å². The zero-order valence-electron chi connectivity index (χ0n) is 13.7. The van der Waals surface area contributed by atoms with Crippen molar-refractivity contribution < 1.29 is 0 Å². The van der Waals surface area contributed by atoms with E-state index in [9.17, 15) is 0 Å². The van der Waals surface area contributed by atoms with Crippen molar-refractivity contribution in [3.05, 3.63) is 0 Å². The van der Waals surface area contributed by atoms with E-state index in [1.54, 1.807) is 0 Å². The Morgan fingerprint density at radius 1 is 1.17 bits per heavy atom. The molecule has 0 aromatic rings. The van der Waals surface area contributed by atoms with Crippen molar-refractivity contribution in [2.75, 3.05) is 25.6 Å². The van der Waals surface area contributed by atoms with Crippen LogP contribution in [-0.4, -0.2) is 48.1 Å². The third kappa shape index (κ3) is 7.65. The maximum absolute atomic E-state index is 3.61. The molecule has 0 saturated carbocycles. The Morgan fingerprint density at radius 2 is 1.72 bits per heavy atom. The first-order valence-corrected chi connectivity index (χ1v) is 8.54. The van der Waals surface area contributed by atoms with Crippen molar-refractivity contribution in [1.82, 2.24) is 10.2 Å². The smallest absolute Gasteiger partial charge is 0.0104 e. The lowest BCUT2D eigenvalue weighted by molar-refractivity contribution is 0.143. The second-order valence-corrected chi connectivity index (χ2v) is 7.63. The first-order chi connectivity index (χ1) is 8.19. The molecule has 3 atom stereocenters. The van der Waals surface area contributed by atoms with Gasteiger partial charge in [0.1, 0.15) is 0 Å². The van der Waals surface area contributed by atoms with Gasteiger partial charge in [-0.15, -0.1) is 0 Å². The minimum Gasteiger partial charge on any atom is -0.312 e. The van der Waals surface area contributed by atoms with E-state index in [1.165, 1.54) is 12.2 Å². The average Bonchev–Trinajstić information content (AvgIpc) is 2.29. The van der Waals surface area contributed by atoms with E-state index in [-0.39, 0.29) is 5.54 Å². The minimum absolute atomic E-state index is 0.219. The molecule has 0 spiro atoms. The number of nitrogens with zero attached hydrogens (tertiary/aromatic N) is 1. The van der Waals surface area contributed by atoms with Gasteiger partial charge in [0.15, 0.2) is 0 Å². The molecule has 110 valence electrons. The molecule has 3 unspecified atom stereocenters. The summed E-state index contributed by atoms with van der Waals surface area (Å²) in [5.41, 5.74) is 0.219. The van der Waals surface area contributed by atoms with Gasteiger partial charge in [0.2, 0.25) is 0 Å². The fourth-order valence-electron chi connectivity index (χ4n) is 1.93. The molecule has 0 saturated heterocycles. The summed E-state index contributed by atoms with van der Waals surface area (Å²) in [6.07, 6.45) is 3.47. The van der Waals surface area contributed by atoms with Crippen LogP contribution in [0, 0.1) is 5.92 Å². The fraction of sp³-hybridized carbons (Fsp3) is 1.00. The van der Waals surface area contributed by atoms with Gasteiger partial charge in [0.05, 0.1) is 0 Å². The van der Waals surface area contributed by atoms with Crippen LogP contribution in [0.25, 0.3) is 0 Å². The minimum atomic E-state index is 0.219. The van der Waals surface area contributed by atoms with E-state index < -0.39 is 0 Å². The topological polar surface area (TPSA) is 15.3 Å². The lowest BCUT2D eigenvalue weighted by Crippen LogP contribution is -2.46. The van der Waals surface area contributed by atoms with Crippen LogP contribution in [0.4, 0.5) is 0 Å². The highest BCUT2D eigenvalue weighted by Crippen LogP contribution is 2.15. The lowest BCUT2D eigenvalue weighted by atomic mass is 9.99. The van der Waals surface area contributed by atoms with E-state index in [2.05, 4.69) is 65.1 Å². The van der Waals surface area contributed by atoms with Gasteiger partial charge in [-0.3, -0.25) is 0 Å². The van der Waals surface area contributed by atoms with Crippen molar-refractivity contribution in [3.63, 3.8) is 0 Å². The van der Waals surface area contributed by atoms with Crippen LogP contribution in [0.5, 0.6) is 0 Å². The Labute approximate surface area is 119 Å². The summed E-state index contributed by atoms with van der Waals surface area (Å²) >= 11 is 1.94. The van der Waals surface area contributed by atoms with Crippen LogP contribution in [0.3, 0.4) is 0 Å². The summed E-state index contributed by atoms with van der Waals surface area (Å²) in [6, 6.07) is 1.29. The third-order valence-corrected chi connectivity index (χ3v) is 4.50. The van der Waals surface area contributed by atoms with Crippen molar-refractivity contribution in [2.24, 2.45) is 5.92 Å². The quantitative estimate of drug-likeness (QED) is 0.729. The maximum Gasteiger partial charge on any atom is 0.0104 e. The summed E-state index contributed by atoms with van der Waals surface area (Å²) in [5, 5.41) is 3.61. The molecule has 0 rings (SSSR count). The molecule has 0 heterocycles. The van der Waals surface area contributed by atoms with Crippen LogP contribution in [-0.2, 0) is 0 Å². The van der Waals surface area contributed by atoms with Crippen LogP contribution >= 0.6 is 11.8 Å². The second-order valence-electron chi connectivity index (χ2n) is 6.64. The first-order valence-electron chi connectivity index (χ1n) is 7.15. The standard InChI is InChI=1S/C15H34N2S/c1-12(11-16-15(4,5)6)14(3)17(7)13(2)9-10-18-8/h12-14,16H,9-11H2,1-8H3. The molecule has 0 aliphatic carbocycles. The molecule has 3 heteroatoms. The van der Waals surface area contributed by atoms with Crippen molar-refractivity contribution >= 4 is 11.8 Å². The van der Waals surface area contributed by atoms with Crippen LogP contribution < -0.4 is 5.32 Å². The SMILES string of the molecule is CSCCC(C)N(C)C(C)C(C)CNC(C)(C)C. The zero-order valence-corrected chi connectivity index (χ0v) is 14.5. The molecule has 0 bridgehead atoms. The normalized spacial score (nSPS) is 17.8. The van der Waals surface area contributed by atoms with Crippen molar-refractivity contribution in [2.45, 2.75) is 65.6 Å². The number of hydrogen-bond donors (Lipinski definition) is 1. The molecule has 0 aromatic heterocycles. The molecule has 2 nitrogen and oxygen atoms in total. The molecule has 0 aliphatic heterocycles. The summed E-state index contributed by atoms with van der Waals surface area (Å²) in [7, 11) is 2.27. The van der Waals surface area contributed by atoms with Crippen molar-refractivity contribution in [3.8, 4) is 0 Å². The number of thioether (sulfide) groups is 1. The maximum atomic E-state index is 3.61. The molecule has 0 amide bonds. The van der Waals surface area contributed by atoms with Crippen LogP contribution in [0.1, 0.15) is 48.0 Å². The molecular formula is C15H34N2S. The summed E-state index contributed by atoms with van der Waals surface area (Å²) < 4.78 is 0. The molecule has 1 N–H and O–H groups in total. The predicted molar refractivity (Wildman–Crippen MR) is 86.6 cm³/mol. The Balaban J connectivity index is 4.14. The van der Waals surface area contributed by atoms with Gasteiger partial charge in [0.25, 0.3) is 0 Å². The molecule has 0 fully saturated rings. The summed E-state index contributed by atoms with van der Waals surface area (Å²) in [5.74, 6) is 1.93. The first kappa shape index (κ1) is 18.3. The van der Waals surface area contributed by atoms with E-state index >= 15 is 0 Å². The van der Waals surface area contributed by atoms with Crippen LogP contribution in [0.2, 0.25) is 0 Å². The second kappa shape index (κ2) is 8.44. The van der Waals surface area contributed by atoms with Gasteiger partial charge in [-0.1, -0.05) is 6.92 Å². The van der Waals surface area contributed by atoms with Crippen LogP contribution in [0.15, 0.2) is 0 Å². The van der Waals surface area contributed by atoms with E-state index in [0.717, 1.165) is 6.54 Å². The number of nitrogens with one attached hydrogen (secondary N) is 1. The van der Waals surface area contributed by atoms with E-state index in [4.69, 9.17) is 0 Å². The average molecular weight is 275 g/mol. The molecule has 18 heavy (non-hydrogen) atoms. The Hall–Kier alpha value is 0.270. The van der Waals surface area contributed by atoms with E-state index in [1.807, 2.05) is 11.8 Å².